The molecule has 9 rings (SSSR count). The number of hydrogen-bond donors (Lipinski definition) is 1. The predicted octanol–water partition coefficient (Wildman–Crippen LogP) is 5.69. The number of nitrogens with one attached hydrogen (secondary N) is 1. The fourth-order valence-electron chi connectivity index (χ4n) is 9.78. The summed E-state index contributed by atoms with van der Waals surface area (Å²) in [5, 5.41) is 11.8. The first kappa shape index (κ1) is 38.8. The Bertz CT molecular complexity index is 2340. The van der Waals surface area contributed by atoms with Crippen molar-refractivity contribution in [2.75, 3.05) is 31.1 Å². The van der Waals surface area contributed by atoms with Crippen molar-refractivity contribution < 1.29 is 28.7 Å². The highest BCUT2D eigenvalue weighted by molar-refractivity contribution is 6.31. The van der Waals surface area contributed by atoms with Gasteiger partial charge < -0.3 is 19.4 Å². The molecular formula is C46H45ClN6O6. The standard InChI is InChI=1S/C46H45ClN6O6/c47-40-25-36(8-4-30(40)26-48)59-35-9-5-33(6-10-35)52-27-31-23-29(3-11-37(31)44(52)56)2-1-28-15-19-50(20-16-28)32-17-21-51(22-18-32)34-7-12-38-39(24-34)46(58)53(45(38)57)41-13-14-42(54)49-43(41)55/h3-4,7-8,11-12,23-25,28,32-33,35,41H,5-6,9-10,13-22,27H2,(H,49,54,55). The van der Waals surface area contributed by atoms with E-state index in [1.54, 1.807) is 30.3 Å². The van der Waals surface area contributed by atoms with Gasteiger partial charge in [-0.2, -0.15) is 5.26 Å². The Balaban J connectivity index is 0.734. The van der Waals surface area contributed by atoms with Crippen LogP contribution in [0.2, 0.25) is 5.02 Å². The minimum Gasteiger partial charge on any atom is -0.490 e. The van der Waals surface area contributed by atoms with Gasteiger partial charge in [-0.15, -0.1) is 0 Å². The van der Waals surface area contributed by atoms with E-state index >= 15 is 0 Å². The molecule has 0 bridgehead atoms. The van der Waals surface area contributed by atoms with E-state index in [0.29, 0.717) is 46.0 Å². The Hall–Kier alpha value is -5.69. The van der Waals surface area contributed by atoms with E-state index in [1.165, 1.54) is 0 Å². The molecule has 0 radical (unpaired) electrons. The van der Waals surface area contributed by atoms with Crippen LogP contribution in [-0.4, -0.2) is 94.6 Å². The van der Waals surface area contributed by atoms with E-state index < -0.39 is 29.7 Å². The SMILES string of the molecule is N#Cc1ccc(OC2CCC(N3Cc4cc(C#CC5CCN(C6CCN(c7ccc8c(c7)C(=O)N(C7CCC(=O)NC7=O)C8=O)CC6)CC5)ccc4C3=O)CC2)cc1Cl. The smallest absolute Gasteiger partial charge is 0.262 e. The molecule has 0 spiro atoms. The summed E-state index contributed by atoms with van der Waals surface area (Å²) < 4.78 is 6.17. The zero-order valence-corrected chi connectivity index (χ0v) is 33.5. The average molecular weight is 813 g/mol. The molecule has 1 unspecified atom stereocenters. The van der Waals surface area contributed by atoms with Crippen LogP contribution in [0.5, 0.6) is 5.75 Å². The predicted molar refractivity (Wildman–Crippen MR) is 219 cm³/mol. The summed E-state index contributed by atoms with van der Waals surface area (Å²) in [6.45, 7) is 4.28. The molecular weight excluding hydrogens is 768 g/mol. The first-order chi connectivity index (χ1) is 28.6. The molecule has 1 N–H and O–H groups in total. The van der Waals surface area contributed by atoms with Gasteiger partial charge in [0.25, 0.3) is 17.7 Å². The lowest BCUT2D eigenvalue weighted by atomic mass is 9.92. The molecule has 302 valence electrons. The van der Waals surface area contributed by atoms with Crippen molar-refractivity contribution in [2.45, 2.75) is 95.0 Å². The van der Waals surface area contributed by atoms with E-state index in [0.717, 1.165) is 105 Å². The summed E-state index contributed by atoms with van der Waals surface area (Å²) in [7, 11) is 0. The Morgan fingerprint density at radius 3 is 2.20 bits per heavy atom. The number of rotatable bonds is 6. The number of carbonyl (C=O) groups is 5. The molecule has 1 atom stereocenters. The molecule has 1 aliphatic carbocycles. The summed E-state index contributed by atoms with van der Waals surface area (Å²) in [6, 6.07) is 18.3. The van der Waals surface area contributed by atoms with Gasteiger partial charge in [0.15, 0.2) is 0 Å². The minimum atomic E-state index is -0.972. The van der Waals surface area contributed by atoms with Gasteiger partial charge in [-0.1, -0.05) is 23.4 Å². The van der Waals surface area contributed by atoms with E-state index in [9.17, 15) is 24.0 Å². The Kier molecular flexibility index (Phi) is 10.6. The van der Waals surface area contributed by atoms with Crippen LogP contribution in [0.15, 0.2) is 54.6 Å². The number of benzene rings is 3. The quantitative estimate of drug-likeness (QED) is 0.245. The first-order valence-electron chi connectivity index (χ1n) is 20.8. The van der Waals surface area contributed by atoms with Crippen molar-refractivity contribution in [3.8, 4) is 23.7 Å². The second-order valence-electron chi connectivity index (χ2n) is 16.6. The molecule has 0 aromatic heterocycles. The van der Waals surface area contributed by atoms with Gasteiger partial charge in [0.05, 0.1) is 27.8 Å². The molecule has 5 heterocycles. The van der Waals surface area contributed by atoms with Crippen LogP contribution in [0.1, 0.15) is 112 Å². The van der Waals surface area contributed by atoms with Gasteiger partial charge in [-0.3, -0.25) is 34.2 Å². The number of amides is 5. The third-order valence-corrected chi connectivity index (χ3v) is 13.4. The van der Waals surface area contributed by atoms with E-state index in [4.69, 9.17) is 21.6 Å². The molecule has 5 aliphatic heterocycles. The Morgan fingerprint density at radius 1 is 0.729 bits per heavy atom. The molecule has 6 aliphatic rings. The summed E-state index contributed by atoms with van der Waals surface area (Å²) in [6.07, 6.45) is 7.72. The van der Waals surface area contributed by atoms with Crippen molar-refractivity contribution in [1.29, 1.82) is 5.26 Å². The summed E-state index contributed by atoms with van der Waals surface area (Å²) in [5.74, 6) is 6.09. The fourth-order valence-corrected chi connectivity index (χ4v) is 9.99. The molecule has 3 saturated heterocycles. The zero-order chi connectivity index (χ0) is 40.8. The lowest BCUT2D eigenvalue weighted by Gasteiger charge is -2.42. The van der Waals surface area contributed by atoms with Crippen LogP contribution in [-0.2, 0) is 16.1 Å². The second-order valence-corrected chi connectivity index (χ2v) is 17.0. The molecule has 4 fully saturated rings. The van der Waals surface area contributed by atoms with Crippen LogP contribution in [0.4, 0.5) is 5.69 Å². The maximum absolute atomic E-state index is 13.4. The molecule has 13 heteroatoms. The van der Waals surface area contributed by atoms with Gasteiger partial charge >= 0.3 is 0 Å². The number of anilines is 1. The molecule has 3 aromatic carbocycles. The Morgan fingerprint density at radius 2 is 1.47 bits per heavy atom. The number of carbonyl (C=O) groups excluding carboxylic acids is 5. The topological polar surface area (TPSA) is 143 Å². The van der Waals surface area contributed by atoms with E-state index in [2.05, 4.69) is 39.1 Å². The largest absolute Gasteiger partial charge is 0.490 e. The number of hydrogen-bond acceptors (Lipinski definition) is 9. The molecule has 59 heavy (non-hydrogen) atoms. The molecule has 1 saturated carbocycles. The van der Waals surface area contributed by atoms with Crippen LogP contribution >= 0.6 is 11.6 Å². The number of likely N-dealkylation sites (tertiary alicyclic amines) is 1. The highest BCUT2D eigenvalue weighted by Gasteiger charge is 2.45. The van der Waals surface area contributed by atoms with Crippen LogP contribution in [0.3, 0.4) is 0 Å². The van der Waals surface area contributed by atoms with Gasteiger partial charge in [0.1, 0.15) is 17.9 Å². The van der Waals surface area contributed by atoms with Gasteiger partial charge in [0.2, 0.25) is 11.8 Å². The van der Waals surface area contributed by atoms with Crippen molar-refractivity contribution in [3.63, 3.8) is 0 Å². The normalized spacial score (nSPS) is 24.0. The lowest BCUT2D eigenvalue weighted by molar-refractivity contribution is -0.136. The first-order valence-corrected chi connectivity index (χ1v) is 21.2. The van der Waals surface area contributed by atoms with Crippen LogP contribution in [0.25, 0.3) is 0 Å². The number of nitrogens with zero attached hydrogens (tertiary/aromatic N) is 5. The summed E-state index contributed by atoms with van der Waals surface area (Å²) in [5.41, 5.74) is 4.70. The van der Waals surface area contributed by atoms with Crippen molar-refractivity contribution in [2.24, 2.45) is 5.92 Å². The van der Waals surface area contributed by atoms with Crippen molar-refractivity contribution in [1.82, 2.24) is 20.0 Å². The third kappa shape index (κ3) is 7.68. The minimum absolute atomic E-state index is 0.0475. The maximum atomic E-state index is 13.4. The second kappa shape index (κ2) is 16.2. The van der Waals surface area contributed by atoms with Crippen molar-refractivity contribution >= 4 is 46.8 Å². The van der Waals surface area contributed by atoms with Gasteiger partial charge in [-0.25, -0.2) is 0 Å². The monoisotopic (exact) mass is 812 g/mol. The average Bonchev–Trinajstić information content (AvgIpc) is 3.71. The number of piperidine rings is 3. The summed E-state index contributed by atoms with van der Waals surface area (Å²) >= 11 is 6.19. The number of halogens is 1. The van der Waals surface area contributed by atoms with E-state index in [-0.39, 0.29) is 30.9 Å². The van der Waals surface area contributed by atoms with Crippen LogP contribution in [0, 0.1) is 29.1 Å². The fraction of sp³-hybridized carbons (Fsp3) is 0.435. The lowest BCUT2D eigenvalue weighted by Crippen LogP contribution is -2.54. The highest BCUT2D eigenvalue weighted by Crippen LogP contribution is 2.35. The molecule has 12 nitrogen and oxygen atoms in total. The number of nitriles is 1. The Labute approximate surface area is 348 Å². The highest BCUT2D eigenvalue weighted by atomic mass is 35.5. The third-order valence-electron chi connectivity index (χ3n) is 13.1. The number of fused-ring (bicyclic) bond motifs is 2. The maximum Gasteiger partial charge on any atom is 0.262 e. The van der Waals surface area contributed by atoms with Crippen molar-refractivity contribution in [3.05, 3.63) is 93.0 Å². The van der Waals surface area contributed by atoms with Gasteiger partial charge in [0, 0.05) is 66.9 Å². The molecule has 3 aromatic rings. The van der Waals surface area contributed by atoms with Crippen LogP contribution < -0.4 is 15.0 Å². The summed E-state index contributed by atoms with van der Waals surface area (Å²) in [4.78, 5) is 71.9. The van der Waals surface area contributed by atoms with E-state index in [1.807, 2.05) is 23.1 Å². The number of imide groups is 2. The zero-order valence-electron chi connectivity index (χ0n) is 32.8. The van der Waals surface area contributed by atoms with Gasteiger partial charge in [-0.05, 0) is 125 Å². The molecule has 5 amide bonds. The number of ether oxygens (including phenoxy) is 1.